The maximum absolute atomic E-state index is 13.1. The molecule has 120 valence electrons. The van der Waals surface area contributed by atoms with Crippen molar-refractivity contribution in [3.63, 3.8) is 0 Å². The van der Waals surface area contributed by atoms with E-state index in [-0.39, 0.29) is 12.4 Å². The zero-order valence-corrected chi connectivity index (χ0v) is 13.1. The molecule has 0 bridgehead atoms. The number of amides is 1. The topological polar surface area (TPSA) is 76.7 Å². The van der Waals surface area contributed by atoms with Crippen molar-refractivity contribution in [2.75, 3.05) is 11.9 Å². The summed E-state index contributed by atoms with van der Waals surface area (Å²) >= 11 is 5.77. The zero-order chi connectivity index (χ0) is 16.8. The Morgan fingerprint density at radius 1 is 1.30 bits per heavy atom. The van der Waals surface area contributed by atoms with Crippen LogP contribution in [0, 0.1) is 12.7 Å². The van der Waals surface area contributed by atoms with Crippen molar-refractivity contribution in [1.82, 2.24) is 0 Å². The highest BCUT2D eigenvalue weighted by Gasteiger charge is 2.07. The summed E-state index contributed by atoms with van der Waals surface area (Å²) in [5, 5.41) is 6.78. The van der Waals surface area contributed by atoms with Gasteiger partial charge < -0.3 is 15.9 Å². The summed E-state index contributed by atoms with van der Waals surface area (Å²) in [6.07, 6.45) is 0. The number of anilines is 1. The van der Waals surface area contributed by atoms with Crippen molar-refractivity contribution in [2.24, 2.45) is 10.9 Å². The quantitative estimate of drug-likeness (QED) is 0.501. The Bertz CT molecular complexity index is 733. The molecule has 0 aliphatic heterocycles. The molecule has 0 saturated carbocycles. The maximum atomic E-state index is 13.1. The second kappa shape index (κ2) is 7.60. The molecule has 2 aromatic carbocycles. The van der Waals surface area contributed by atoms with E-state index in [1.54, 1.807) is 37.3 Å². The second-order valence-corrected chi connectivity index (χ2v) is 5.20. The SMILES string of the molecule is Cc1ccc(F)cc1NC(=O)CO/N=C(\N)c1ccc(Cl)cc1. The summed E-state index contributed by atoms with van der Waals surface area (Å²) in [7, 11) is 0. The van der Waals surface area contributed by atoms with Crippen LogP contribution in [-0.2, 0) is 9.63 Å². The van der Waals surface area contributed by atoms with Gasteiger partial charge in [0.05, 0.1) is 0 Å². The molecular formula is C16H15ClFN3O2. The van der Waals surface area contributed by atoms with E-state index in [1.807, 2.05) is 0 Å². The van der Waals surface area contributed by atoms with Crippen LogP contribution >= 0.6 is 11.6 Å². The molecule has 0 heterocycles. The van der Waals surface area contributed by atoms with E-state index in [1.165, 1.54) is 12.1 Å². The molecule has 2 aromatic rings. The lowest BCUT2D eigenvalue weighted by atomic mass is 10.2. The lowest BCUT2D eigenvalue weighted by Crippen LogP contribution is -2.20. The van der Waals surface area contributed by atoms with Gasteiger partial charge in [0.15, 0.2) is 12.4 Å². The van der Waals surface area contributed by atoms with Gasteiger partial charge in [0, 0.05) is 16.3 Å². The molecule has 0 radical (unpaired) electrons. The van der Waals surface area contributed by atoms with Crippen LogP contribution in [0.25, 0.3) is 0 Å². The molecule has 0 spiro atoms. The highest BCUT2D eigenvalue weighted by molar-refractivity contribution is 6.30. The number of halogens is 2. The number of rotatable bonds is 5. The fourth-order valence-corrected chi connectivity index (χ4v) is 1.87. The van der Waals surface area contributed by atoms with Gasteiger partial charge in [-0.15, -0.1) is 0 Å². The molecule has 7 heteroatoms. The number of nitrogens with two attached hydrogens (primary N) is 1. The first-order chi connectivity index (χ1) is 11.0. The lowest BCUT2D eigenvalue weighted by molar-refractivity contribution is -0.120. The summed E-state index contributed by atoms with van der Waals surface area (Å²) in [4.78, 5) is 16.7. The largest absolute Gasteiger partial charge is 0.384 e. The van der Waals surface area contributed by atoms with Gasteiger partial charge in [-0.3, -0.25) is 4.79 Å². The minimum atomic E-state index is -0.466. The van der Waals surface area contributed by atoms with Crippen LogP contribution in [0.15, 0.2) is 47.6 Å². The van der Waals surface area contributed by atoms with Crippen LogP contribution in [0.3, 0.4) is 0 Å². The van der Waals surface area contributed by atoms with E-state index < -0.39 is 11.7 Å². The van der Waals surface area contributed by atoms with Gasteiger partial charge in [0.1, 0.15) is 5.82 Å². The van der Waals surface area contributed by atoms with Gasteiger partial charge in [-0.25, -0.2) is 4.39 Å². The monoisotopic (exact) mass is 335 g/mol. The van der Waals surface area contributed by atoms with Crippen LogP contribution < -0.4 is 11.1 Å². The molecule has 3 N–H and O–H groups in total. The highest BCUT2D eigenvalue weighted by atomic mass is 35.5. The van der Waals surface area contributed by atoms with Crippen molar-refractivity contribution >= 4 is 29.0 Å². The first-order valence-electron chi connectivity index (χ1n) is 6.73. The normalized spacial score (nSPS) is 11.2. The molecule has 0 fully saturated rings. The zero-order valence-electron chi connectivity index (χ0n) is 12.3. The van der Waals surface area contributed by atoms with Crippen molar-refractivity contribution < 1.29 is 14.0 Å². The Kier molecular flexibility index (Phi) is 5.54. The molecule has 0 aliphatic rings. The predicted octanol–water partition coefficient (Wildman–Crippen LogP) is 3.06. The van der Waals surface area contributed by atoms with E-state index in [2.05, 4.69) is 10.5 Å². The molecule has 0 aromatic heterocycles. The van der Waals surface area contributed by atoms with Crippen molar-refractivity contribution in [3.8, 4) is 0 Å². The number of nitrogens with zero attached hydrogens (tertiary/aromatic N) is 1. The second-order valence-electron chi connectivity index (χ2n) is 4.76. The average molecular weight is 336 g/mol. The van der Waals surface area contributed by atoms with Gasteiger partial charge in [0.2, 0.25) is 0 Å². The van der Waals surface area contributed by atoms with Gasteiger partial charge >= 0.3 is 0 Å². The number of carbonyl (C=O) groups excluding carboxylic acids is 1. The number of oxime groups is 1. The molecule has 23 heavy (non-hydrogen) atoms. The minimum absolute atomic E-state index is 0.122. The molecular weight excluding hydrogens is 321 g/mol. The van der Waals surface area contributed by atoms with Crippen LogP contribution in [0.2, 0.25) is 5.02 Å². The van der Waals surface area contributed by atoms with Crippen LogP contribution in [0.1, 0.15) is 11.1 Å². The summed E-state index contributed by atoms with van der Waals surface area (Å²) < 4.78 is 13.1. The molecule has 1 amide bonds. The highest BCUT2D eigenvalue weighted by Crippen LogP contribution is 2.15. The van der Waals surface area contributed by atoms with Crippen LogP contribution in [-0.4, -0.2) is 18.3 Å². The number of hydrogen-bond donors (Lipinski definition) is 2. The first kappa shape index (κ1) is 16.8. The van der Waals surface area contributed by atoms with Crippen LogP contribution in [0.4, 0.5) is 10.1 Å². The minimum Gasteiger partial charge on any atom is -0.384 e. The molecule has 0 unspecified atom stereocenters. The van der Waals surface area contributed by atoms with Crippen LogP contribution in [0.5, 0.6) is 0 Å². The molecule has 2 rings (SSSR count). The molecule has 0 aliphatic carbocycles. The number of amidine groups is 1. The Morgan fingerprint density at radius 3 is 2.70 bits per heavy atom. The number of aryl methyl sites for hydroxylation is 1. The van der Waals surface area contributed by atoms with Gasteiger partial charge in [-0.05, 0) is 48.9 Å². The Morgan fingerprint density at radius 2 is 2.00 bits per heavy atom. The smallest absolute Gasteiger partial charge is 0.265 e. The Balaban J connectivity index is 1.90. The third kappa shape index (κ3) is 4.96. The average Bonchev–Trinajstić information content (AvgIpc) is 2.51. The maximum Gasteiger partial charge on any atom is 0.265 e. The number of benzene rings is 2. The third-order valence-corrected chi connectivity index (χ3v) is 3.22. The lowest BCUT2D eigenvalue weighted by Gasteiger charge is -2.08. The fourth-order valence-electron chi connectivity index (χ4n) is 1.75. The fraction of sp³-hybridized carbons (Fsp3) is 0.125. The van der Waals surface area contributed by atoms with E-state index in [9.17, 15) is 9.18 Å². The summed E-state index contributed by atoms with van der Waals surface area (Å²) in [6.45, 7) is 1.41. The molecule has 0 saturated heterocycles. The summed E-state index contributed by atoms with van der Waals surface area (Å²) in [5.41, 5.74) is 7.47. The number of carbonyl (C=O) groups is 1. The van der Waals surface area contributed by atoms with E-state index in [4.69, 9.17) is 22.2 Å². The standard InChI is InChI=1S/C16H15ClFN3O2/c1-10-2-7-13(18)8-14(10)20-15(22)9-23-21-16(19)11-3-5-12(17)6-4-11/h2-8H,9H2,1H3,(H2,19,21)(H,20,22). The third-order valence-electron chi connectivity index (χ3n) is 2.97. The molecule has 0 atom stereocenters. The first-order valence-corrected chi connectivity index (χ1v) is 7.11. The molecule has 5 nitrogen and oxygen atoms in total. The summed E-state index contributed by atoms with van der Waals surface area (Å²) in [6, 6.07) is 10.8. The van der Waals surface area contributed by atoms with Gasteiger partial charge in [-0.1, -0.05) is 22.8 Å². The van der Waals surface area contributed by atoms with E-state index in [0.717, 1.165) is 5.56 Å². The van der Waals surface area contributed by atoms with Crippen molar-refractivity contribution in [3.05, 3.63) is 64.4 Å². The number of nitrogens with one attached hydrogen (secondary N) is 1. The summed E-state index contributed by atoms with van der Waals surface area (Å²) in [5.74, 6) is -0.778. The predicted molar refractivity (Wildman–Crippen MR) is 87.9 cm³/mol. The Hall–Kier alpha value is -2.60. The number of hydrogen-bond acceptors (Lipinski definition) is 3. The van der Waals surface area contributed by atoms with Crippen molar-refractivity contribution in [2.45, 2.75) is 6.92 Å². The Labute approximate surface area is 137 Å². The van der Waals surface area contributed by atoms with E-state index >= 15 is 0 Å². The van der Waals surface area contributed by atoms with Gasteiger partial charge in [-0.2, -0.15) is 0 Å². The van der Waals surface area contributed by atoms with Crippen molar-refractivity contribution in [1.29, 1.82) is 0 Å². The van der Waals surface area contributed by atoms with Gasteiger partial charge in [0.25, 0.3) is 5.91 Å². The van der Waals surface area contributed by atoms with E-state index in [0.29, 0.717) is 16.3 Å².